The molecule has 0 bridgehead atoms. The Morgan fingerprint density at radius 2 is 2.00 bits per heavy atom. The monoisotopic (exact) mass is 129 g/mol. The molecule has 0 rings (SSSR count). The van der Waals surface area contributed by atoms with Gasteiger partial charge in [0.1, 0.15) is 6.17 Å². The molecule has 0 saturated heterocycles. The predicted molar refractivity (Wildman–Crippen MR) is 40.4 cm³/mol. The second kappa shape index (κ2) is 4.47. The highest BCUT2D eigenvalue weighted by Gasteiger charge is 1.91. The summed E-state index contributed by atoms with van der Waals surface area (Å²) in [5, 5.41) is 0. The molecule has 0 spiro atoms. The molecule has 3 nitrogen and oxygen atoms in total. The number of hydrogen-bond acceptors (Lipinski definition) is 3. The average Bonchev–Trinajstić information content (AvgIpc) is 1.63. The fourth-order valence-corrected chi connectivity index (χ4v) is 0.628. The standard InChI is InChI=1S/C6H15N3/c1-5(2)8-6(3)9-7-4/h6-7,9H,1-4H3. The van der Waals surface area contributed by atoms with E-state index >= 15 is 0 Å². The van der Waals surface area contributed by atoms with Gasteiger partial charge in [0.15, 0.2) is 0 Å². The van der Waals surface area contributed by atoms with Gasteiger partial charge < -0.3 is 0 Å². The fourth-order valence-electron chi connectivity index (χ4n) is 0.628. The summed E-state index contributed by atoms with van der Waals surface area (Å²) in [6.07, 6.45) is 0.167. The SMILES string of the molecule is CNNC(C)N=C(C)C. The highest BCUT2D eigenvalue weighted by atomic mass is 15.4. The van der Waals surface area contributed by atoms with Crippen LogP contribution in [0.25, 0.3) is 0 Å². The third-order valence-electron chi connectivity index (χ3n) is 0.805. The third-order valence-corrected chi connectivity index (χ3v) is 0.805. The average molecular weight is 129 g/mol. The van der Waals surface area contributed by atoms with Crippen LogP contribution in [0.4, 0.5) is 0 Å². The Kier molecular flexibility index (Phi) is 4.26. The Labute approximate surface area is 56.5 Å². The minimum absolute atomic E-state index is 0.167. The van der Waals surface area contributed by atoms with Crippen molar-refractivity contribution >= 4 is 5.71 Å². The topological polar surface area (TPSA) is 36.4 Å². The second-order valence-electron chi connectivity index (χ2n) is 2.15. The van der Waals surface area contributed by atoms with E-state index in [0.717, 1.165) is 5.71 Å². The van der Waals surface area contributed by atoms with E-state index in [1.807, 2.05) is 27.8 Å². The van der Waals surface area contributed by atoms with Crippen molar-refractivity contribution in [1.82, 2.24) is 10.9 Å². The molecule has 3 heteroatoms. The minimum Gasteiger partial charge on any atom is -0.275 e. The summed E-state index contributed by atoms with van der Waals surface area (Å²) in [6.45, 7) is 5.95. The molecule has 2 N–H and O–H groups in total. The van der Waals surface area contributed by atoms with Crippen molar-refractivity contribution in [3.63, 3.8) is 0 Å². The Bertz CT molecular complexity index is 94.5. The molecule has 0 aromatic rings. The molecule has 0 aliphatic rings. The van der Waals surface area contributed by atoms with Crippen molar-refractivity contribution in [2.45, 2.75) is 26.9 Å². The lowest BCUT2D eigenvalue weighted by atomic mass is 10.5. The Morgan fingerprint density at radius 3 is 2.33 bits per heavy atom. The second-order valence-corrected chi connectivity index (χ2v) is 2.15. The lowest BCUT2D eigenvalue weighted by molar-refractivity contribution is 0.503. The van der Waals surface area contributed by atoms with Crippen molar-refractivity contribution in [2.24, 2.45) is 4.99 Å². The van der Waals surface area contributed by atoms with Crippen LogP contribution >= 0.6 is 0 Å². The molecule has 0 heterocycles. The Balaban J connectivity index is 3.49. The maximum Gasteiger partial charge on any atom is 0.109 e. The van der Waals surface area contributed by atoms with Gasteiger partial charge in [-0.2, -0.15) is 0 Å². The van der Waals surface area contributed by atoms with Gasteiger partial charge in [0.05, 0.1) is 0 Å². The normalized spacial score (nSPS) is 12.9. The Morgan fingerprint density at radius 1 is 1.44 bits per heavy atom. The van der Waals surface area contributed by atoms with E-state index in [1.54, 1.807) is 0 Å². The van der Waals surface area contributed by atoms with E-state index in [-0.39, 0.29) is 6.17 Å². The summed E-state index contributed by atoms with van der Waals surface area (Å²) in [5.74, 6) is 0. The van der Waals surface area contributed by atoms with Crippen LogP contribution in [-0.2, 0) is 0 Å². The largest absolute Gasteiger partial charge is 0.275 e. The molecule has 1 unspecified atom stereocenters. The number of hydrogen-bond donors (Lipinski definition) is 2. The van der Waals surface area contributed by atoms with Gasteiger partial charge in [-0.05, 0) is 27.8 Å². The van der Waals surface area contributed by atoms with Gasteiger partial charge in [-0.15, -0.1) is 0 Å². The molecular formula is C6H15N3. The van der Waals surface area contributed by atoms with Crippen molar-refractivity contribution in [3.05, 3.63) is 0 Å². The van der Waals surface area contributed by atoms with Gasteiger partial charge in [-0.25, -0.2) is 5.43 Å². The first kappa shape index (κ1) is 8.59. The lowest BCUT2D eigenvalue weighted by Crippen LogP contribution is -2.35. The van der Waals surface area contributed by atoms with Crippen LogP contribution in [0.1, 0.15) is 20.8 Å². The maximum absolute atomic E-state index is 4.21. The van der Waals surface area contributed by atoms with Gasteiger partial charge in [-0.1, -0.05) is 0 Å². The zero-order valence-electron chi connectivity index (χ0n) is 6.52. The molecule has 1 atom stereocenters. The summed E-state index contributed by atoms with van der Waals surface area (Å²) in [6, 6.07) is 0. The first-order chi connectivity index (χ1) is 4.16. The zero-order chi connectivity index (χ0) is 7.28. The van der Waals surface area contributed by atoms with Crippen molar-refractivity contribution in [1.29, 1.82) is 0 Å². The molecule has 54 valence electrons. The van der Waals surface area contributed by atoms with Crippen LogP contribution in [-0.4, -0.2) is 18.9 Å². The molecule has 9 heavy (non-hydrogen) atoms. The van der Waals surface area contributed by atoms with E-state index in [2.05, 4.69) is 15.8 Å². The summed E-state index contributed by atoms with van der Waals surface area (Å²) in [5.41, 5.74) is 6.84. The summed E-state index contributed by atoms with van der Waals surface area (Å²) in [7, 11) is 1.83. The van der Waals surface area contributed by atoms with Gasteiger partial charge in [0.2, 0.25) is 0 Å². The maximum atomic E-state index is 4.21. The smallest absolute Gasteiger partial charge is 0.109 e. The van der Waals surface area contributed by atoms with E-state index < -0.39 is 0 Å². The molecule has 0 aliphatic heterocycles. The predicted octanol–water partition coefficient (Wildman–Crippen LogP) is 0.537. The molecule has 0 aromatic heterocycles. The van der Waals surface area contributed by atoms with E-state index in [9.17, 15) is 0 Å². The molecular weight excluding hydrogens is 114 g/mol. The van der Waals surface area contributed by atoms with Crippen molar-refractivity contribution in [2.75, 3.05) is 7.05 Å². The van der Waals surface area contributed by atoms with Gasteiger partial charge in [0.25, 0.3) is 0 Å². The highest BCUT2D eigenvalue weighted by molar-refractivity contribution is 5.79. The molecule has 0 aromatic carbocycles. The minimum atomic E-state index is 0.167. The quantitative estimate of drug-likeness (QED) is 0.431. The van der Waals surface area contributed by atoms with Gasteiger partial charge in [0, 0.05) is 5.71 Å². The zero-order valence-corrected chi connectivity index (χ0v) is 6.52. The van der Waals surface area contributed by atoms with E-state index in [4.69, 9.17) is 0 Å². The van der Waals surface area contributed by atoms with Crippen molar-refractivity contribution in [3.8, 4) is 0 Å². The van der Waals surface area contributed by atoms with Gasteiger partial charge in [-0.3, -0.25) is 10.4 Å². The van der Waals surface area contributed by atoms with Crippen LogP contribution in [0.15, 0.2) is 4.99 Å². The summed E-state index contributed by atoms with van der Waals surface area (Å²) < 4.78 is 0. The van der Waals surface area contributed by atoms with Crippen molar-refractivity contribution < 1.29 is 0 Å². The molecule has 0 saturated carbocycles. The van der Waals surface area contributed by atoms with Crippen LogP contribution in [0.2, 0.25) is 0 Å². The third kappa shape index (κ3) is 5.46. The number of nitrogens with zero attached hydrogens (tertiary/aromatic N) is 1. The molecule has 0 fully saturated rings. The van der Waals surface area contributed by atoms with Crippen LogP contribution in [0.3, 0.4) is 0 Å². The fraction of sp³-hybridized carbons (Fsp3) is 0.833. The Hall–Kier alpha value is -0.410. The van der Waals surface area contributed by atoms with Crippen LogP contribution in [0.5, 0.6) is 0 Å². The number of hydrazine groups is 1. The molecule has 0 amide bonds. The first-order valence-electron chi connectivity index (χ1n) is 3.10. The van der Waals surface area contributed by atoms with Crippen LogP contribution in [0, 0.1) is 0 Å². The first-order valence-corrected chi connectivity index (χ1v) is 3.10. The number of nitrogens with one attached hydrogen (secondary N) is 2. The van der Waals surface area contributed by atoms with Gasteiger partial charge >= 0.3 is 0 Å². The lowest BCUT2D eigenvalue weighted by Gasteiger charge is -2.06. The summed E-state index contributed by atoms with van der Waals surface area (Å²) >= 11 is 0. The number of aliphatic imine (C=N–C) groups is 1. The number of rotatable bonds is 3. The van der Waals surface area contributed by atoms with E-state index in [0.29, 0.717) is 0 Å². The van der Waals surface area contributed by atoms with Crippen LogP contribution < -0.4 is 10.9 Å². The molecule has 0 radical (unpaired) electrons. The summed E-state index contributed by atoms with van der Waals surface area (Å²) in [4.78, 5) is 4.21. The van der Waals surface area contributed by atoms with E-state index in [1.165, 1.54) is 0 Å². The molecule has 0 aliphatic carbocycles. The highest BCUT2D eigenvalue weighted by Crippen LogP contribution is 1.82.